The van der Waals surface area contributed by atoms with Crippen molar-refractivity contribution in [3.05, 3.63) is 53.6 Å². The second-order valence-corrected chi connectivity index (χ2v) is 6.05. The Morgan fingerprint density at radius 1 is 1.40 bits per heavy atom. The summed E-state index contributed by atoms with van der Waals surface area (Å²) in [5.41, 5.74) is 2.05. The number of aryl methyl sites for hydroxylation is 1. The fraction of sp³-hybridized carbons (Fsp3) is 0.444. The third-order valence-electron chi connectivity index (χ3n) is 4.12. The molecule has 1 atom stereocenters. The van der Waals surface area contributed by atoms with Gasteiger partial charge in [0.05, 0.1) is 25.9 Å². The molecular formula is C18H24FN5O. The summed E-state index contributed by atoms with van der Waals surface area (Å²) in [6, 6.07) is 6.45. The Morgan fingerprint density at radius 3 is 2.88 bits per heavy atom. The monoisotopic (exact) mass is 345 g/mol. The third-order valence-corrected chi connectivity index (χ3v) is 4.12. The number of hydrogen-bond donors (Lipinski definition) is 1. The number of benzene rings is 1. The summed E-state index contributed by atoms with van der Waals surface area (Å²) in [6.07, 6.45) is 3.81. The second-order valence-electron chi connectivity index (χ2n) is 6.05. The summed E-state index contributed by atoms with van der Waals surface area (Å²) in [5.74, 6) is 0.621. The standard InChI is InChI=1S/C18H24FN5O/c1-3-20-18(21-10-14-4-6-16(19)7-5-14)24-8-9-25-17(13-24)15-11-22-23(2)12-15/h4-7,11-12,17H,3,8-10,13H2,1-2H3,(H,20,21). The van der Waals surface area contributed by atoms with Crippen molar-refractivity contribution in [2.75, 3.05) is 26.2 Å². The van der Waals surface area contributed by atoms with Crippen LogP contribution in [-0.4, -0.2) is 46.9 Å². The molecule has 0 bridgehead atoms. The second kappa shape index (κ2) is 8.11. The molecule has 1 saturated heterocycles. The summed E-state index contributed by atoms with van der Waals surface area (Å²) in [4.78, 5) is 6.91. The maximum absolute atomic E-state index is 13.0. The lowest BCUT2D eigenvalue weighted by atomic mass is 10.1. The number of guanidine groups is 1. The van der Waals surface area contributed by atoms with E-state index in [0.717, 1.165) is 36.7 Å². The van der Waals surface area contributed by atoms with E-state index in [1.165, 1.54) is 12.1 Å². The smallest absolute Gasteiger partial charge is 0.194 e. The van der Waals surface area contributed by atoms with Crippen LogP contribution in [0.15, 0.2) is 41.7 Å². The normalized spacial score (nSPS) is 18.4. The van der Waals surface area contributed by atoms with E-state index in [2.05, 4.69) is 15.3 Å². The molecule has 1 aliphatic heterocycles. The molecule has 2 heterocycles. The molecule has 7 heteroatoms. The predicted molar refractivity (Wildman–Crippen MR) is 94.7 cm³/mol. The Labute approximate surface area is 147 Å². The van der Waals surface area contributed by atoms with Crippen LogP contribution in [0.4, 0.5) is 4.39 Å². The number of nitrogens with zero attached hydrogens (tertiary/aromatic N) is 4. The van der Waals surface area contributed by atoms with Crippen molar-refractivity contribution in [1.29, 1.82) is 0 Å². The lowest BCUT2D eigenvalue weighted by Crippen LogP contribution is -2.48. The van der Waals surface area contributed by atoms with Gasteiger partial charge < -0.3 is 15.0 Å². The first-order chi connectivity index (χ1) is 12.2. The average molecular weight is 345 g/mol. The Kier molecular flexibility index (Phi) is 5.65. The van der Waals surface area contributed by atoms with Crippen molar-refractivity contribution in [1.82, 2.24) is 20.0 Å². The lowest BCUT2D eigenvalue weighted by Gasteiger charge is -2.34. The van der Waals surface area contributed by atoms with Crippen LogP contribution in [0.1, 0.15) is 24.2 Å². The topological polar surface area (TPSA) is 54.7 Å². The number of rotatable bonds is 4. The molecule has 1 aromatic carbocycles. The van der Waals surface area contributed by atoms with Crippen molar-refractivity contribution in [2.45, 2.75) is 19.6 Å². The molecular weight excluding hydrogens is 321 g/mol. The van der Waals surface area contributed by atoms with Crippen LogP contribution in [0.2, 0.25) is 0 Å². The SMILES string of the molecule is CCNC(=NCc1ccc(F)cc1)N1CCOC(c2cnn(C)c2)C1. The van der Waals surface area contributed by atoms with Crippen molar-refractivity contribution in [3.8, 4) is 0 Å². The number of hydrogen-bond acceptors (Lipinski definition) is 3. The van der Waals surface area contributed by atoms with E-state index in [4.69, 9.17) is 9.73 Å². The molecule has 1 fully saturated rings. The molecule has 1 unspecified atom stereocenters. The molecule has 134 valence electrons. The molecule has 6 nitrogen and oxygen atoms in total. The maximum Gasteiger partial charge on any atom is 0.194 e. The average Bonchev–Trinajstić information content (AvgIpc) is 3.07. The Hall–Kier alpha value is -2.41. The van der Waals surface area contributed by atoms with Gasteiger partial charge in [0.1, 0.15) is 11.9 Å². The molecule has 2 aromatic rings. The van der Waals surface area contributed by atoms with Gasteiger partial charge in [-0.2, -0.15) is 5.10 Å². The van der Waals surface area contributed by atoms with Crippen molar-refractivity contribution >= 4 is 5.96 Å². The van der Waals surface area contributed by atoms with Gasteiger partial charge in [-0.25, -0.2) is 9.38 Å². The molecule has 0 radical (unpaired) electrons. The zero-order valence-corrected chi connectivity index (χ0v) is 14.7. The van der Waals surface area contributed by atoms with Crippen LogP contribution in [0.5, 0.6) is 0 Å². The van der Waals surface area contributed by atoms with E-state index in [-0.39, 0.29) is 11.9 Å². The minimum Gasteiger partial charge on any atom is -0.370 e. The van der Waals surface area contributed by atoms with E-state index in [1.54, 1.807) is 16.8 Å². The number of morpholine rings is 1. The van der Waals surface area contributed by atoms with E-state index >= 15 is 0 Å². The van der Waals surface area contributed by atoms with Gasteiger partial charge in [0.25, 0.3) is 0 Å². The van der Waals surface area contributed by atoms with Gasteiger partial charge in [-0.05, 0) is 24.6 Å². The Bertz CT molecular complexity index is 713. The zero-order valence-electron chi connectivity index (χ0n) is 14.7. The molecule has 0 saturated carbocycles. The van der Waals surface area contributed by atoms with E-state index in [1.807, 2.05) is 26.4 Å². The van der Waals surface area contributed by atoms with Crippen molar-refractivity contribution < 1.29 is 9.13 Å². The Balaban J connectivity index is 1.70. The van der Waals surface area contributed by atoms with Crippen molar-refractivity contribution in [2.24, 2.45) is 12.0 Å². The van der Waals surface area contributed by atoms with E-state index < -0.39 is 0 Å². The Morgan fingerprint density at radius 2 is 2.20 bits per heavy atom. The van der Waals surface area contributed by atoms with Crippen molar-refractivity contribution in [3.63, 3.8) is 0 Å². The molecule has 0 amide bonds. The molecule has 1 N–H and O–H groups in total. The highest BCUT2D eigenvalue weighted by Gasteiger charge is 2.25. The summed E-state index contributed by atoms with van der Waals surface area (Å²) in [6.45, 7) is 5.49. The van der Waals surface area contributed by atoms with Gasteiger partial charge >= 0.3 is 0 Å². The first-order valence-corrected chi connectivity index (χ1v) is 8.53. The fourth-order valence-corrected chi connectivity index (χ4v) is 2.83. The molecule has 0 aliphatic carbocycles. The van der Waals surface area contributed by atoms with Crippen LogP contribution in [0.3, 0.4) is 0 Å². The fourth-order valence-electron chi connectivity index (χ4n) is 2.83. The van der Waals surface area contributed by atoms with Crippen LogP contribution in [-0.2, 0) is 18.3 Å². The summed E-state index contributed by atoms with van der Waals surface area (Å²) >= 11 is 0. The first-order valence-electron chi connectivity index (χ1n) is 8.53. The molecule has 3 rings (SSSR count). The maximum atomic E-state index is 13.0. The number of aromatic nitrogens is 2. The number of aliphatic imine (C=N–C) groups is 1. The van der Waals surface area contributed by atoms with Gasteiger partial charge in [0.2, 0.25) is 0 Å². The quantitative estimate of drug-likeness (QED) is 0.681. The summed E-state index contributed by atoms with van der Waals surface area (Å²) in [7, 11) is 1.90. The summed E-state index contributed by atoms with van der Waals surface area (Å²) < 4.78 is 20.7. The van der Waals surface area contributed by atoms with Gasteiger partial charge in [-0.15, -0.1) is 0 Å². The first kappa shape index (κ1) is 17.4. The van der Waals surface area contributed by atoms with Crippen LogP contribution in [0, 0.1) is 5.82 Å². The predicted octanol–water partition coefficient (Wildman–Crippen LogP) is 2.10. The van der Waals surface area contributed by atoms with Gasteiger partial charge in [0.15, 0.2) is 5.96 Å². The summed E-state index contributed by atoms with van der Waals surface area (Å²) in [5, 5.41) is 7.56. The highest BCUT2D eigenvalue weighted by molar-refractivity contribution is 5.80. The molecule has 25 heavy (non-hydrogen) atoms. The highest BCUT2D eigenvalue weighted by Crippen LogP contribution is 2.21. The highest BCUT2D eigenvalue weighted by atomic mass is 19.1. The van der Waals surface area contributed by atoms with Gasteiger partial charge in [-0.3, -0.25) is 4.68 Å². The molecule has 1 aromatic heterocycles. The van der Waals surface area contributed by atoms with Gasteiger partial charge in [0, 0.05) is 31.9 Å². The number of nitrogens with one attached hydrogen (secondary N) is 1. The number of halogens is 1. The third kappa shape index (κ3) is 4.57. The van der Waals surface area contributed by atoms with Gasteiger partial charge in [-0.1, -0.05) is 12.1 Å². The largest absolute Gasteiger partial charge is 0.370 e. The van der Waals surface area contributed by atoms with Crippen LogP contribution >= 0.6 is 0 Å². The molecule has 0 spiro atoms. The zero-order chi connectivity index (χ0) is 17.6. The van der Waals surface area contributed by atoms with E-state index in [9.17, 15) is 4.39 Å². The lowest BCUT2D eigenvalue weighted by molar-refractivity contribution is -0.00805. The van der Waals surface area contributed by atoms with Crippen LogP contribution < -0.4 is 5.32 Å². The number of ether oxygens (including phenoxy) is 1. The molecule has 1 aliphatic rings. The minimum absolute atomic E-state index is 0.0165. The van der Waals surface area contributed by atoms with Crippen LogP contribution in [0.25, 0.3) is 0 Å². The minimum atomic E-state index is -0.230. The van der Waals surface area contributed by atoms with E-state index in [0.29, 0.717) is 13.2 Å².